The van der Waals surface area contributed by atoms with Gasteiger partial charge < -0.3 is 4.57 Å². The van der Waals surface area contributed by atoms with E-state index in [-0.39, 0.29) is 17.2 Å². The maximum atomic E-state index is 13.7. The number of halogens is 1. The van der Waals surface area contributed by atoms with Crippen molar-refractivity contribution in [1.29, 1.82) is 5.41 Å². The summed E-state index contributed by atoms with van der Waals surface area (Å²) in [4.78, 5) is 16.9. The third-order valence-corrected chi connectivity index (χ3v) is 6.30. The average Bonchev–Trinajstić information content (AvgIpc) is 3.25. The van der Waals surface area contributed by atoms with E-state index in [4.69, 9.17) is 5.41 Å². The highest BCUT2D eigenvalue weighted by Gasteiger charge is 2.35. The first-order valence-corrected chi connectivity index (χ1v) is 11.1. The molecule has 8 heteroatoms. The molecule has 0 atom stereocenters. The SMILES string of the molecule is CCCCCC1=NN2C(=N)/C(=C/c3cc(C)n(-c4cccc(F)c4)c3C)C(=O)N=C2S1. The van der Waals surface area contributed by atoms with Gasteiger partial charge in [0.1, 0.15) is 10.9 Å². The normalized spacial score (nSPS) is 17.3. The lowest BCUT2D eigenvalue weighted by molar-refractivity contribution is -0.114. The van der Waals surface area contributed by atoms with Gasteiger partial charge in [0, 0.05) is 17.1 Å². The molecule has 0 aliphatic carbocycles. The minimum atomic E-state index is -0.440. The Bertz CT molecular complexity index is 1160. The standard InChI is InChI=1S/C23H24FN5OS/c1-4-5-6-10-20-27-29-21(25)19(22(30)26-23(29)31-20)12-16-11-14(2)28(15(16)3)18-9-7-8-17(24)13-18/h7-9,11-13,25H,4-6,10H2,1-3H3/b19-12-,25-21?. The summed E-state index contributed by atoms with van der Waals surface area (Å²) in [6.45, 7) is 5.98. The number of rotatable bonds is 6. The average molecular weight is 438 g/mol. The number of hydrogen-bond donors (Lipinski definition) is 1. The number of unbranched alkanes of at least 4 members (excludes halogenated alkanes) is 2. The molecule has 0 radical (unpaired) electrons. The van der Waals surface area contributed by atoms with Crippen LogP contribution in [0.5, 0.6) is 0 Å². The Balaban J connectivity index is 1.65. The van der Waals surface area contributed by atoms with Gasteiger partial charge in [-0.25, -0.2) is 4.39 Å². The van der Waals surface area contributed by atoms with Crippen LogP contribution in [0.1, 0.15) is 49.6 Å². The molecular weight excluding hydrogens is 413 g/mol. The van der Waals surface area contributed by atoms with Gasteiger partial charge in [-0.15, -0.1) is 0 Å². The molecule has 1 aromatic carbocycles. The second-order valence-electron chi connectivity index (χ2n) is 7.61. The van der Waals surface area contributed by atoms with Crippen LogP contribution < -0.4 is 0 Å². The van der Waals surface area contributed by atoms with Gasteiger partial charge >= 0.3 is 0 Å². The van der Waals surface area contributed by atoms with Crippen molar-refractivity contribution in [1.82, 2.24) is 9.58 Å². The lowest BCUT2D eigenvalue weighted by Gasteiger charge is -2.20. The number of carbonyl (C=O) groups is 1. The molecule has 3 heterocycles. The van der Waals surface area contributed by atoms with Crippen molar-refractivity contribution in [3.63, 3.8) is 0 Å². The molecular formula is C23H24FN5OS. The number of nitrogens with zero attached hydrogens (tertiary/aromatic N) is 4. The molecule has 0 spiro atoms. The first-order valence-electron chi connectivity index (χ1n) is 10.3. The number of benzene rings is 1. The number of hydrogen-bond acceptors (Lipinski definition) is 4. The maximum Gasteiger partial charge on any atom is 0.283 e. The Morgan fingerprint density at radius 3 is 2.77 bits per heavy atom. The predicted molar refractivity (Wildman–Crippen MR) is 124 cm³/mol. The Morgan fingerprint density at radius 1 is 1.23 bits per heavy atom. The Kier molecular flexibility index (Phi) is 5.91. The molecule has 6 nitrogen and oxygen atoms in total. The number of amides is 1. The van der Waals surface area contributed by atoms with Crippen LogP contribution in [0.25, 0.3) is 11.8 Å². The van der Waals surface area contributed by atoms with Gasteiger partial charge in [-0.3, -0.25) is 10.2 Å². The fraction of sp³-hybridized carbons (Fsp3) is 0.304. The molecule has 0 fully saturated rings. The molecule has 2 aliphatic heterocycles. The van der Waals surface area contributed by atoms with Gasteiger partial charge in [0.2, 0.25) is 5.17 Å². The number of fused-ring (bicyclic) bond motifs is 1. The van der Waals surface area contributed by atoms with E-state index in [0.29, 0.717) is 10.9 Å². The molecule has 1 aromatic heterocycles. The van der Waals surface area contributed by atoms with E-state index >= 15 is 0 Å². The predicted octanol–water partition coefficient (Wildman–Crippen LogP) is 5.43. The minimum absolute atomic E-state index is 0.0311. The molecule has 0 saturated carbocycles. The van der Waals surface area contributed by atoms with Gasteiger partial charge in [-0.1, -0.05) is 25.8 Å². The van der Waals surface area contributed by atoms with Crippen molar-refractivity contribution < 1.29 is 9.18 Å². The Morgan fingerprint density at radius 2 is 2.03 bits per heavy atom. The third kappa shape index (κ3) is 4.12. The number of aliphatic imine (C=N–C) groups is 1. The van der Waals surface area contributed by atoms with E-state index in [1.54, 1.807) is 12.1 Å². The number of carbonyl (C=O) groups excluding carboxylic acids is 1. The summed E-state index contributed by atoms with van der Waals surface area (Å²) >= 11 is 1.37. The molecule has 4 rings (SSSR count). The molecule has 1 N–H and O–H groups in total. The van der Waals surface area contributed by atoms with Crippen molar-refractivity contribution in [3.8, 4) is 5.69 Å². The molecule has 0 bridgehead atoms. The summed E-state index contributed by atoms with van der Waals surface area (Å²) in [5.74, 6) is -0.719. The van der Waals surface area contributed by atoms with Crippen LogP contribution in [-0.2, 0) is 4.79 Å². The van der Waals surface area contributed by atoms with Gasteiger partial charge in [0.15, 0.2) is 5.84 Å². The summed E-state index contributed by atoms with van der Waals surface area (Å²) in [7, 11) is 0. The summed E-state index contributed by atoms with van der Waals surface area (Å²) in [6.07, 6.45) is 5.77. The van der Waals surface area contributed by atoms with Crippen LogP contribution in [-0.4, -0.2) is 31.5 Å². The highest BCUT2D eigenvalue weighted by atomic mass is 32.2. The van der Waals surface area contributed by atoms with Gasteiger partial charge in [-0.2, -0.15) is 15.1 Å². The number of thioether (sulfide) groups is 1. The number of aromatic nitrogens is 1. The summed E-state index contributed by atoms with van der Waals surface area (Å²) < 4.78 is 15.6. The second kappa shape index (κ2) is 8.63. The van der Waals surface area contributed by atoms with E-state index in [0.717, 1.165) is 47.7 Å². The van der Waals surface area contributed by atoms with Crippen LogP contribution in [0.4, 0.5) is 4.39 Å². The smallest absolute Gasteiger partial charge is 0.283 e. The number of hydrazone groups is 1. The van der Waals surface area contributed by atoms with Crippen LogP contribution in [0, 0.1) is 25.1 Å². The van der Waals surface area contributed by atoms with Crippen LogP contribution >= 0.6 is 11.8 Å². The quantitative estimate of drug-likeness (QED) is 0.483. The van der Waals surface area contributed by atoms with Crippen LogP contribution in [0.2, 0.25) is 0 Å². The molecule has 160 valence electrons. The topological polar surface area (TPSA) is 73.8 Å². The highest BCUT2D eigenvalue weighted by molar-refractivity contribution is 8.26. The van der Waals surface area contributed by atoms with Crippen molar-refractivity contribution in [2.45, 2.75) is 46.5 Å². The lowest BCUT2D eigenvalue weighted by atomic mass is 10.1. The molecule has 1 amide bonds. The maximum absolute atomic E-state index is 13.7. The van der Waals surface area contributed by atoms with Crippen molar-refractivity contribution in [2.24, 2.45) is 10.1 Å². The fourth-order valence-electron chi connectivity index (χ4n) is 3.76. The zero-order valence-corrected chi connectivity index (χ0v) is 18.6. The monoisotopic (exact) mass is 437 g/mol. The van der Waals surface area contributed by atoms with Crippen molar-refractivity contribution >= 4 is 39.8 Å². The fourth-order valence-corrected chi connectivity index (χ4v) is 4.69. The van der Waals surface area contributed by atoms with Gasteiger partial charge in [-0.05, 0) is 74.4 Å². The summed E-state index contributed by atoms with van der Waals surface area (Å²) in [5, 5.41) is 15.9. The lowest BCUT2D eigenvalue weighted by Crippen LogP contribution is -2.35. The number of amidine groups is 2. The first-order chi connectivity index (χ1) is 14.9. The largest absolute Gasteiger partial charge is 0.318 e. The van der Waals surface area contributed by atoms with Gasteiger partial charge in [0.05, 0.1) is 5.57 Å². The van der Waals surface area contributed by atoms with E-state index < -0.39 is 5.91 Å². The van der Waals surface area contributed by atoms with Crippen LogP contribution in [0.3, 0.4) is 0 Å². The summed E-state index contributed by atoms with van der Waals surface area (Å²) in [6, 6.07) is 8.30. The van der Waals surface area contributed by atoms with Gasteiger partial charge in [0.25, 0.3) is 5.91 Å². The molecule has 2 aromatic rings. The van der Waals surface area contributed by atoms with Crippen LogP contribution in [0.15, 0.2) is 46.0 Å². The molecule has 0 saturated heterocycles. The number of aryl methyl sites for hydroxylation is 1. The van der Waals surface area contributed by atoms with Crippen molar-refractivity contribution in [3.05, 3.63) is 58.7 Å². The number of nitrogens with one attached hydrogen (secondary N) is 1. The zero-order chi connectivity index (χ0) is 22.1. The summed E-state index contributed by atoms with van der Waals surface area (Å²) in [5.41, 5.74) is 3.45. The Hall–Kier alpha value is -3.00. The second-order valence-corrected chi connectivity index (χ2v) is 8.65. The molecule has 0 unspecified atom stereocenters. The van der Waals surface area contributed by atoms with E-state index in [1.807, 2.05) is 30.5 Å². The molecule has 31 heavy (non-hydrogen) atoms. The Labute approximate surface area is 185 Å². The highest BCUT2D eigenvalue weighted by Crippen LogP contribution is 2.31. The van der Waals surface area contributed by atoms with E-state index in [2.05, 4.69) is 17.0 Å². The third-order valence-electron chi connectivity index (χ3n) is 5.33. The van der Waals surface area contributed by atoms with E-state index in [9.17, 15) is 9.18 Å². The van der Waals surface area contributed by atoms with Crippen molar-refractivity contribution in [2.75, 3.05) is 0 Å². The first kappa shape index (κ1) is 21.2. The molecule has 2 aliphatic rings. The van der Waals surface area contributed by atoms with E-state index in [1.165, 1.54) is 28.9 Å². The minimum Gasteiger partial charge on any atom is -0.318 e. The zero-order valence-electron chi connectivity index (χ0n) is 17.8.